The second kappa shape index (κ2) is 14.0. The molecule has 0 heterocycles. The van der Waals surface area contributed by atoms with Crippen LogP contribution in [0, 0.1) is 0 Å². The van der Waals surface area contributed by atoms with Crippen LogP contribution in [-0.2, 0) is 20.4 Å². The minimum atomic E-state index is -3.43. The van der Waals surface area contributed by atoms with Gasteiger partial charge in [-0.25, -0.2) is 0 Å². The average Bonchev–Trinajstić information content (AvgIpc) is 3.08. The van der Waals surface area contributed by atoms with E-state index in [4.69, 9.17) is 45.0 Å². The fourth-order valence-corrected chi connectivity index (χ4v) is 15.1. The first-order valence-corrected chi connectivity index (χ1v) is 21.6. The van der Waals surface area contributed by atoms with Crippen molar-refractivity contribution in [1.29, 1.82) is 0 Å². The smallest absolute Gasteiger partial charge is 0 e. The molecule has 0 aliphatic rings. The van der Waals surface area contributed by atoms with Gasteiger partial charge in [0.05, 0.1) is 0 Å². The fraction of sp³-hybridized carbons (Fsp3) is 0. The Morgan fingerprint density at radius 1 is 0.233 bits per heavy atom. The van der Waals surface area contributed by atoms with E-state index in [0.717, 1.165) is 31.8 Å². The number of halogens is 4. The molecule has 0 radical (unpaired) electrons. The van der Waals surface area contributed by atoms with Crippen molar-refractivity contribution in [2.75, 3.05) is 0 Å². The van der Waals surface area contributed by atoms with E-state index in [1.165, 1.54) is 0 Å². The first-order valence-electron chi connectivity index (χ1n) is 13.5. The molecule has 0 N–H and O–H groups in total. The van der Waals surface area contributed by atoms with Gasteiger partial charge in [-0.1, -0.05) is 0 Å². The third-order valence-electron chi connectivity index (χ3n) is 7.26. The second-order valence-electron chi connectivity index (χ2n) is 9.83. The van der Waals surface area contributed by atoms with Crippen molar-refractivity contribution < 1.29 is 20.4 Å². The maximum absolute atomic E-state index is 7.27. The molecule has 222 valence electrons. The van der Waals surface area contributed by atoms with Crippen molar-refractivity contribution in [2.24, 2.45) is 0 Å². The van der Waals surface area contributed by atoms with Gasteiger partial charge in [0.2, 0.25) is 0 Å². The molecule has 0 spiro atoms. The second-order valence-corrected chi connectivity index (χ2v) is 25.7. The van der Waals surface area contributed by atoms with Crippen LogP contribution in [0.3, 0.4) is 0 Å². The van der Waals surface area contributed by atoms with E-state index in [1.807, 2.05) is 182 Å². The Bertz CT molecular complexity index is 1380. The van der Waals surface area contributed by atoms with Gasteiger partial charge in [0.15, 0.2) is 0 Å². The summed E-state index contributed by atoms with van der Waals surface area (Å²) in [6, 6.07) is 59.8. The molecule has 0 aromatic heterocycles. The van der Waals surface area contributed by atoms with Crippen LogP contribution < -0.4 is 31.8 Å². The van der Waals surface area contributed by atoms with Gasteiger partial charge < -0.3 is 0 Å². The van der Waals surface area contributed by atoms with Gasteiger partial charge in [-0.3, -0.25) is 0 Å². The van der Waals surface area contributed by atoms with Gasteiger partial charge in [-0.15, -0.1) is 0 Å². The molecule has 6 rings (SSSR count). The Morgan fingerprint density at radius 3 is 0.465 bits per heavy atom. The van der Waals surface area contributed by atoms with Crippen LogP contribution in [-0.4, -0.2) is 0 Å². The van der Waals surface area contributed by atoms with E-state index in [0.29, 0.717) is 0 Å². The standard InChI is InChI=1S/2C18H15Cl2P.Pd/c2*19-21(20,16-10-4-1-5-11-16,17-12-6-2-7-13-17)18-14-8-3-9-15-18;/h2*1-15H;. The number of benzene rings is 6. The monoisotopic (exact) mass is 770 g/mol. The zero-order valence-corrected chi connectivity index (χ0v) is 29.4. The van der Waals surface area contributed by atoms with E-state index >= 15 is 0 Å². The summed E-state index contributed by atoms with van der Waals surface area (Å²) in [6.45, 7) is 0. The first kappa shape index (κ1) is 33.9. The zero-order chi connectivity index (χ0) is 29.6. The van der Waals surface area contributed by atoms with Gasteiger partial charge in [0.1, 0.15) is 0 Å². The summed E-state index contributed by atoms with van der Waals surface area (Å²) in [5.41, 5.74) is 0. The van der Waals surface area contributed by atoms with Crippen LogP contribution in [0.5, 0.6) is 0 Å². The van der Waals surface area contributed by atoms with Crippen LogP contribution in [0.4, 0.5) is 0 Å². The fourth-order valence-electron chi connectivity index (χ4n) is 5.03. The number of hydrogen-bond donors (Lipinski definition) is 0. The van der Waals surface area contributed by atoms with E-state index in [1.54, 1.807) is 0 Å². The molecule has 43 heavy (non-hydrogen) atoms. The summed E-state index contributed by atoms with van der Waals surface area (Å²) >= 11 is 29.1. The molecular weight excluding hydrogens is 743 g/mol. The van der Waals surface area contributed by atoms with Crippen molar-refractivity contribution in [3.05, 3.63) is 182 Å². The normalized spacial score (nSPS) is 13.0. The average molecular weight is 773 g/mol. The minimum Gasteiger partial charge on any atom is 0 e. The topological polar surface area (TPSA) is 0 Å². The van der Waals surface area contributed by atoms with Crippen LogP contribution in [0.15, 0.2) is 182 Å². The molecule has 0 saturated carbocycles. The largest absolute Gasteiger partial charge is 0 e. The van der Waals surface area contributed by atoms with E-state index in [-0.39, 0.29) is 20.4 Å². The molecule has 0 saturated heterocycles. The van der Waals surface area contributed by atoms with Crippen molar-refractivity contribution in [2.45, 2.75) is 0 Å². The molecule has 0 amide bonds. The minimum absolute atomic E-state index is 0. The third kappa shape index (κ3) is 6.54. The molecular formula is C36H30Cl4P2Pd. The molecule has 0 unspecified atom stereocenters. The van der Waals surface area contributed by atoms with E-state index in [2.05, 4.69) is 0 Å². The van der Waals surface area contributed by atoms with Crippen LogP contribution >= 0.6 is 55.6 Å². The first-order chi connectivity index (χ1) is 20.2. The molecule has 6 aromatic carbocycles. The summed E-state index contributed by atoms with van der Waals surface area (Å²) in [4.78, 5) is 0. The molecule has 0 fully saturated rings. The van der Waals surface area contributed by atoms with Crippen LogP contribution in [0.2, 0.25) is 0 Å². The Hall–Kier alpha value is -2.00. The van der Waals surface area contributed by atoms with Crippen LogP contribution in [0.25, 0.3) is 0 Å². The Labute approximate surface area is 287 Å². The third-order valence-corrected chi connectivity index (χ3v) is 21.5. The van der Waals surface area contributed by atoms with Crippen molar-refractivity contribution in [1.82, 2.24) is 0 Å². The molecule has 0 nitrogen and oxygen atoms in total. The van der Waals surface area contributed by atoms with Gasteiger partial charge in [-0.05, 0) is 0 Å². The molecule has 0 aliphatic carbocycles. The predicted octanol–water partition coefficient (Wildman–Crippen LogP) is 9.65. The van der Waals surface area contributed by atoms with Crippen molar-refractivity contribution in [3.63, 3.8) is 0 Å². The van der Waals surface area contributed by atoms with E-state index in [9.17, 15) is 0 Å². The summed E-state index contributed by atoms with van der Waals surface area (Å²) in [5.74, 6) is 0. The summed E-state index contributed by atoms with van der Waals surface area (Å²) < 4.78 is 0. The van der Waals surface area contributed by atoms with Gasteiger partial charge in [-0.2, -0.15) is 0 Å². The Morgan fingerprint density at radius 2 is 0.349 bits per heavy atom. The predicted molar refractivity (Wildman–Crippen MR) is 194 cm³/mol. The van der Waals surface area contributed by atoms with Gasteiger partial charge in [0, 0.05) is 20.4 Å². The summed E-state index contributed by atoms with van der Waals surface area (Å²) in [7, 11) is 0. The molecule has 7 heteroatoms. The zero-order valence-electron chi connectivity index (χ0n) is 23.0. The Balaban J connectivity index is 0.000000192. The van der Waals surface area contributed by atoms with Crippen LogP contribution in [0.1, 0.15) is 0 Å². The molecule has 0 bridgehead atoms. The Kier molecular flexibility index (Phi) is 11.0. The van der Waals surface area contributed by atoms with Crippen molar-refractivity contribution in [3.8, 4) is 0 Å². The van der Waals surface area contributed by atoms with Crippen molar-refractivity contribution >= 4 is 87.4 Å². The number of rotatable bonds is 6. The molecule has 0 aliphatic heterocycles. The quantitative estimate of drug-likeness (QED) is 0.117. The summed E-state index contributed by atoms with van der Waals surface area (Å²) in [5, 5.41) is -1.09. The summed E-state index contributed by atoms with van der Waals surface area (Å²) in [6.07, 6.45) is 0. The maximum atomic E-state index is 7.27. The van der Waals surface area contributed by atoms with Gasteiger partial charge in [0.25, 0.3) is 0 Å². The molecule has 6 aromatic rings. The maximum Gasteiger partial charge on any atom is 0 e. The number of hydrogen-bond acceptors (Lipinski definition) is 0. The SMILES string of the molecule is ClP(Cl)(c1ccccc1)(c1ccccc1)c1ccccc1.ClP(Cl)(c1ccccc1)(c1ccccc1)c1ccccc1.[Pd]. The van der Waals surface area contributed by atoms with Gasteiger partial charge >= 0.3 is 269 Å². The van der Waals surface area contributed by atoms with E-state index < -0.39 is 10.6 Å². The molecule has 0 atom stereocenters.